The smallest absolute Gasteiger partial charge is 0.173 e. The highest BCUT2D eigenvalue weighted by molar-refractivity contribution is 9.10. The Balaban J connectivity index is 3.06. The topological polar surface area (TPSA) is 26.0 Å². The summed E-state index contributed by atoms with van der Waals surface area (Å²) < 4.78 is 26.0. The van der Waals surface area contributed by atoms with Gasteiger partial charge in [-0.1, -0.05) is 6.07 Å². The van der Waals surface area contributed by atoms with Crippen LogP contribution in [-0.4, -0.2) is 5.54 Å². The van der Waals surface area contributed by atoms with E-state index in [0.717, 1.165) is 6.07 Å². The van der Waals surface area contributed by atoms with Crippen molar-refractivity contribution in [1.82, 2.24) is 0 Å². The third-order valence-electron chi connectivity index (χ3n) is 1.76. The normalized spacial score (nSPS) is 11.9. The van der Waals surface area contributed by atoms with Crippen LogP contribution >= 0.6 is 15.9 Å². The van der Waals surface area contributed by atoms with Crippen LogP contribution in [0, 0.1) is 11.6 Å². The van der Waals surface area contributed by atoms with E-state index < -0.39 is 17.2 Å². The van der Waals surface area contributed by atoms with Crippen molar-refractivity contribution in [1.29, 1.82) is 0 Å². The molecule has 0 aliphatic heterocycles. The van der Waals surface area contributed by atoms with Crippen LogP contribution in [-0.2, 0) is 6.42 Å². The molecule has 1 rings (SSSR count). The zero-order valence-electron chi connectivity index (χ0n) is 8.07. The van der Waals surface area contributed by atoms with Gasteiger partial charge in [0.1, 0.15) is 0 Å². The van der Waals surface area contributed by atoms with E-state index in [1.807, 2.05) is 13.8 Å². The standard InChI is InChI=1S/C10H12BrF2N/c1-10(2,14)5-6-3-4-7(12)9(13)8(6)11/h3-4H,5,14H2,1-2H3. The highest BCUT2D eigenvalue weighted by Gasteiger charge is 2.17. The summed E-state index contributed by atoms with van der Waals surface area (Å²) in [5.41, 5.74) is 6.03. The van der Waals surface area contributed by atoms with Crippen molar-refractivity contribution < 1.29 is 8.78 Å². The van der Waals surface area contributed by atoms with Gasteiger partial charge in [0.05, 0.1) is 4.47 Å². The maximum absolute atomic E-state index is 13.1. The lowest BCUT2D eigenvalue weighted by Crippen LogP contribution is -2.34. The molecule has 0 fully saturated rings. The molecule has 2 N–H and O–H groups in total. The molecule has 0 bridgehead atoms. The second-order valence-corrected chi connectivity index (χ2v) is 4.79. The Morgan fingerprint density at radius 3 is 2.43 bits per heavy atom. The van der Waals surface area contributed by atoms with Gasteiger partial charge in [0.25, 0.3) is 0 Å². The molecule has 78 valence electrons. The first-order chi connectivity index (χ1) is 6.31. The van der Waals surface area contributed by atoms with Crippen molar-refractivity contribution >= 4 is 15.9 Å². The molecule has 1 aromatic rings. The van der Waals surface area contributed by atoms with Crippen LogP contribution in [0.3, 0.4) is 0 Å². The summed E-state index contributed by atoms with van der Waals surface area (Å²) in [7, 11) is 0. The van der Waals surface area contributed by atoms with Crippen molar-refractivity contribution in [3.05, 3.63) is 33.8 Å². The average Bonchev–Trinajstić information content (AvgIpc) is 2.04. The van der Waals surface area contributed by atoms with Crippen LogP contribution in [0.1, 0.15) is 19.4 Å². The maximum atomic E-state index is 13.1. The van der Waals surface area contributed by atoms with Gasteiger partial charge < -0.3 is 5.73 Å². The molecule has 0 heterocycles. The molecule has 0 aliphatic carbocycles. The minimum atomic E-state index is -0.855. The molecule has 0 amide bonds. The van der Waals surface area contributed by atoms with Crippen molar-refractivity contribution in [2.75, 3.05) is 0 Å². The van der Waals surface area contributed by atoms with Gasteiger partial charge in [-0.25, -0.2) is 8.78 Å². The highest BCUT2D eigenvalue weighted by atomic mass is 79.9. The molecule has 4 heteroatoms. The molecule has 1 aromatic carbocycles. The Kier molecular flexibility index (Phi) is 3.27. The van der Waals surface area contributed by atoms with Gasteiger partial charge in [-0.05, 0) is 47.8 Å². The zero-order valence-corrected chi connectivity index (χ0v) is 9.66. The SMILES string of the molecule is CC(C)(N)Cc1ccc(F)c(F)c1Br. The van der Waals surface area contributed by atoms with Crippen LogP contribution in [0.25, 0.3) is 0 Å². The molecular formula is C10H12BrF2N. The van der Waals surface area contributed by atoms with Crippen LogP contribution < -0.4 is 5.73 Å². The molecule has 0 atom stereocenters. The highest BCUT2D eigenvalue weighted by Crippen LogP contribution is 2.25. The van der Waals surface area contributed by atoms with Crippen LogP contribution in [0.2, 0.25) is 0 Å². The Morgan fingerprint density at radius 1 is 1.36 bits per heavy atom. The summed E-state index contributed by atoms with van der Waals surface area (Å²) >= 11 is 3.01. The summed E-state index contributed by atoms with van der Waals surface area (Å²) in [6.07, 6.45) is 0.491. The molecule has 1 nitrogen and oxygen atoms in total. The van der Waals surface area contributed by atoms with Gasteiger partial charge in [-0.15, -0.1) is 0 Å². The van der Waals surface area contributed by atoms with Crippen molar-refractivity contribution in [3.63, 3.8) is 0 Å². The first kappa shape index (κ1) is 11.6. The summed E-state index contributed by atoms with van der Waals surface area (Å²) in [6.45, 7) is 3.67. The largest absolute Gasteiger partial charge is 0.325 e. The van der Waals surface area contributed by atoms with Gasteiger partial charge in [0, 0.05) is 5.54 Å². The monoisotopic (exact) mass is 263 g/mol. The lowest BCUT2D eigenvalue weighted by Gasteiger charge is -2.19. The third-order valence-corrected chi connectivity index (χ3v) is 2.62. The number of benzene rings is 1. The number of hydrogen-bond acceptors (Lipinski definition) is 1. The second kappa shape index (κ2) is 3.95. The molecular weight excluding hydrogens is 252 g/mol. The van der Waals surface area contributed by atoms with Crippen molar-refractivity contribution in [3.8, 4) is 0 Å². The minimum Gasteiger partial charge on any atom is -0.325 e. The summed E-state index contributed by atoms with van der Waals surface area (Å²) in [4.78, 5) is 0. The number of rotatable bonds is 2. The van der Waals surface area contributed by atoms with Crippen LogP contribution in [0.5, 0.6) is 0 Å². The van der Waals surface area contributed by atoms with Crippen molar-refractivity contribution in [2.24, 2.45) is 5.73 Å². The lowest BCUT2D eigenvalue weighted by molar-refractivity contribution is 0.489. The summed E-state index contributed by atoms with van der Waals surface area (Å²) in [5.74, 6) is -1.71. The molecule has 0 spiro atoms. The summed E-state index contributed by atoms with van der Waals surface area (Å²) in [6, 6.07) is 2.65. The van der Waals surface area contributed by atoms with Gasteiger partial charge in [-0.3, -0.25) is 0 Å². The maximum Gasteiger partial charge on any atom is 0.173 e. The predicted molar refractivity (Wildman–Crippen MR) is 56.0 cm³/mol. The van der Waals surface area contributed by atoms with Gasteiger partial charge in [0.2, 0.25) is 0 Å². The Hall–Kier alpha value is -0.480. The van der Waals surface area contributed by atoms with Gasteiger partial charge >= 0.3 is 0 Å². The molecule has 0 aromatic heterocycles. The molecule has 0 saturated heterocycles. The Labute approximate surface area is 90.4 Å². The first-order valence-corrected chi connectivity index (χ1v) is 5.02. The fraction of sp³-hybridized carbons (Fsp3) is 0.400. The first-order valence-electron chi connectivity index (χ1n) is 4.22. The Bertz CT molecular complexity index is 345. The van der Waals surface area contributed by atoms with E-state index in [4.69, 9.17) is 5.73 Å². The summed E-state index contributed by atoms with van der Waals surface area (Å²) in [5, 5.41) is 0. The van der Waals surface area contributed by atoms with E-state index in [-0.39, 0.29) is 4.47 Å². The van der Waals surface area contributed by atoms with Crippen LogP contribution in [0.4, 0.5) is 8.78 Å². The third kappa shape index (κ3) is 2.75. The number of halogens is 3. The van der Waals surface area contributed by atoms with Gasteiger partial charge in [-0.2, -0.15) is 0 Å². The van der Waals surface area contributed by atoms with E-state index in [1.165, 1.54) is 6.07 Å². The fourth-order valence-corrected chi connectivity index (χ4v) is 1.66. The van der Waals surface area contributed by atoms with E-state index in [9.17, 15) is 8.78 Å². The Morgan fingerprint density at radius 2 is 1.93 bits per heavy atom. The van der Waals surface area contributed by atoms with E-state index in [1.54, 1.807) is 0 Å². The van der Waals surface area contributed by atoms with E-state index in [2.05, 4.69) is 15.9 Å². The second-order valence-electron chi connectivity index (χ2n) is 4.00. The predicted octanol–water partition coefficient (Wildman–Crippen LogP) is 3.01. The quantitative estimate of drug-likeness (QED) is 0.816. The van der Waals surface area contributed by atoms with Crippen LogP contribution in [0.15, 0.2) is 16.6 Å². The molecule has 0 unspecified atom stereocenters. The number of nitrogens with two attached hydrogens (primary N) is 1. The van der Waals surface area contributed by atoms with E-state index >= 15 is 0 Å². The van der Waals surface area contributed by atoms with Gasteiger partial charge in [0.15, 0.2) is 11.6 Å². The molecule has 0 saturated carbocycles. The fourth-order valence-electron chi connectivity index (χ4n) is 1.19. The lowest BCUT2D eigenvalue weighted by atomic mass is 9.96. The van der Waals surface area contributed by atoms with Crippen molar-refractivity contribution in [2.45, 2.75) is 25.8 Å². The van der Waals surface area contributed by atoms with E-state index in [0.29, 0.717) is 12.0 Å². The minimum absolute atomic E-state index is 0.163. The zero-order chi connectivity index (χ0) is 10.9. The molecule has 14 heavy (non-hydrogen) atoms. The molecule has 0 radical (unpaired) electrons. The number of hydrogen-bond donors (Lipinski definition) is 1. The molecule has 0 aliphatic rings. The average molecular weight is 264 g/mol.